The predicted molar refractivity (Wildman–Crippen MR) is 59.3 cm³/mol. The Morgan fingerprint density at radius 3 is 1.69 bits per heavy atom. The minimum absolute atomic E-state index is 0.265. The standard InChI is InChI=1S/C10H20N2O4/c1-5-11(6-2)7-8-12(9(13)15-3)10(14)16-4/h5-8H2,1-4H3. The van der Waals surface area contributed by atoms with Crippen LogP contribution in [0, 0.1) is 0 Å². The molecule has 0 aromatic carbocycles. The van der Waals surface area contributed by atoms with Gasteiger partial charge in [0.05, 0.1) is 14.2 Å². The molecule has 0 radical (unpaired) electrons. The predicted octanol–water partition coefficient (Wildman–Crippen LogP) is 1.16. The summed E-state index contributed by atoms with van der Waals surface area (Å²) in [6, 6.07) is 0. The molecule has 6 nitrogen and oxygen atoms in total. The van der Waals surface area contributed by atoms with E-state index >= 15 is 0 Å². The van der Waals surface area contributed by atoms with Crippen molar-refractivity contribution in [3.63, 3.8) is 0 Å². The second-order valence-electron chi connectivity index (χ2n) is 3.12. The van der Waals surface area contributed by atoms with E-state index in [1.54, 1.807) is 0 Å². The molecule has 94 valence electrons. The van der Waals surface area contributed by atoms with E-state index in [1.165, 1.54) is 14.2 Å². The fourth-order valence-corrected chi connectivity index (χ4v) is 1.26. The fourth-order valence-electron chi connectivity index (χ4n) is 1.26. The van der Waals surface area contributed by atoms with Crippen LogP contribution in [-0.4, -0.2) is 62.4 Å². The number of amides is 2. The first-order valence-corrected chi connectivity index (χ1v) is 5.26. The van der Waals surface area contributed by atoms with Crippen molar-refractivity contribution in [2.24, 2.45) is 0 Å². The number of hydrogen-bond donors (Lipinski definition) is 0. The Bertz CT molecular complexity index is 213. The molecule has 0 atom stereocenters. The van der Waals surface area contributed by atoms with Gasteiger partial charge in [-0.3, -0.25) is 0 Å². The van der Waals surface area contributed by atoms with Gasteiger partial charge in [-0.1, -0.05) is 13.8 Å². The summed E-state index contributed by atoms with van der Waals surface area (Å²) in [5.41, 5.74) is 0. The van der Waals surface area contributed by atoms with Crippen LogP contribution in [0.4, 0.5) is 9.59 Å². The van der Waals surface area contributed by atoms with Crippen LogP contribution in [0.25, 0.3) is 0 Å². The highest BCUT2D eigenvalue weighted by Crippen LogP contribution is 1.98. The van der Waals surface area contributed by atoms with E-state index in [9.17, 15) is 9.59 Å². The van der Waals surface area contributed by atoms with Crippen LogP contribution in [-0.2, 0) is 9.47 Å². The van der Waals surface area contributed by atoms with Crippen molar-refractivity contribution in [2.75, 3.05) is 40.4 Å². The molecule has 0 aromatic heterocycles. The lowest BCUT2D eigenvalue weighted by Gasteiger charge is -2.22. The van der Waals surface area contributed by atoms with Crippen LogP contribution in [0.15, 0.2) is 0 Å². The minimum Gasteiger partial charge on any atom is -0.452 e. The number of likely N-dealkylation sites (N-methyl/N-ethyl adjacent to an activating group) is 1. The maximum atomic E-state index is 11.3. The first-order chi connectivity index (χ1) is 7.60. The normalized spacial score (nSPS) is 10.1. The molecule has 0 spiro atoms. The summed E-state index contributed by atoms with van der Waals surface area (Å²) >= 11 is 0. The summed E-state index contributed by atoms with van der Waals surface area (Å²) in [6.45, 7) is 6.64. The van der Waals surface area contributed by atoms with Crippen molar-refractivity contribution in [2.45, 2.75) is 13.8 Å². The van der Waals surface area contributed by atoms with Crippen molar-refractivity contribution >= 4 is 12.2 Å². The summed E-state index contributed by atoms with van der Waals surface area (Å²) in [4.78, 5) is 25.6. The van der Waals surface area contributed by atoms with Crippen molar-refractivity contribution in [3.8, 4) is 0 Å². The van der Waals surface area contributed by atoms with Crippen molar-refractivity contribution in [3.05, 3.63) is 0 Å². The van der Waals surface area contributed by atoms with Crippen molar-refractivity contribution < 1.29 is 19.1 Å². The maximum absolute atomic E-state index is 11.3. The van der Waals surface area contributed by atoms with Crippen LogP contribution >= 0.6 is 0 Å². The first kappa shape index (κ1) is 14.7. The molecule has 0 bridgehead atoms. The Morgan fingerprint density at radius 2 is 1.38 bits per heavy atom. The number of carbonyl (C=O) groups excluding carboxylic acids is 2. The van der Waals surface area contributed by atoms with E-state index in [-0.39, 0.29) is 6.54 Å². The molecule has 0 saturated heterocycles. The van der Waals surface area contributed by atoms with Crippen LogP contribution in [0.5, 0.6) is 0 Å². The smallest absolute Gasteiger partial charge is 0.419 e. The second-order valence-corrected chi connectivity index (χ2v) is 3.12. The Balaban J connectivity index is 4.32. The molecule has 0 N–H and O–H groups in total. The van der Waals surface area contributed by atoms with Gasteiger partial charge in [0.15, 0.2) is 0 Å². The van der Waals surface area contributed by atoms with Gasteiger partial charge in [0.1, 0.15) is 0 Å². The Morgan fingerprint density at radius 1 is 0.938 bits per heavy atom. The molecular formula is C10H20N2O4. The lowest BCUT2D eigenvalue weighted by Crippen LogP contribution is -2.42. The Labute approximate surface area is 96.1 Å². The molecule has 0 heterocycles. The van der Waals surface area contributed by atoms with Gasteiger partial charge in [-0.25, -0.2) is 14.5 Å². The quantitative estimate of drug-likeness (QED) is 0.712. The van der Waals surface area contributed by atoms with Gasteiger partial charge in [0, 0.05) is 13.1 Å². The molecule has 0 fully saturated rings. The number of imide groups is 1. The van der Waals surface area contributed by atoms with Crippen LogP contribution in [0.3, 0.4) is 0 Å². The second kappa shape index (κ2) is 7.92. The number of nitrogens with zero attached hydrogens (tertiary/aromatic N) is 2. The summed E-state index contributed by atoms with van der Waals surface area (Å²) in [6.07, 6.45) is -1.39. The van der Waals surface area contributed by atoms with Crippen LogP contribution in [0.2, 0.25) is 0 Å². The first-order valence-electron chi connectivity index (χ1n) is 5.26. The number of carbonyl (C=O) groups is 2. The number of ether oxygens (including phenoxy) is 2. The number of rotatable bonds is 5. The summed E-state index contributed by atoms with van der Waals surface area (Å²) in [5, 5.41) is 0. The third-order valence-corrected chi connectivity index (χ3v) is 2.32. The zero-order valence-corrected chi connectivity index (χ0v) is 10.4. The highest BCUT2D eigenvalue weighted by molar-refractivity contribution is 5.87. The molecule has 0 unspecified atom stereocenters. The van der Waals surface area contributed by atoms with E-state index in [1.807, 2.05) is 13.8 Å². The van der Waals surface area contributed by atoms with Gasteiger partial charge in [-0.15, -0.1) is 0 Å². The Hall–Kier alpha value is -1.30. The zero-order valence-electron chi connectivity index (χ0n) is 10.4. The highest BCUT2D eigenvalue weighted by atomic mass is 16.6. The summed E-state index contributed by atoms with van der Waals surface area (Å²) in [7, 11) is 2.46. The van der Waals surface area contributed by atoms with E-state index in [0.29, 0.717) is 6.54 Å². The van der Waals surface area contributed by atoms with Gasteiger partial charge in [0.25, 0.3) is 0 Å². The lowest BCUT2D eigenvalue weighted by molar-refractivity contribution is 0.0942. The molecule has 0 saturated carbocycles. The third kappa shape index (κ3) is 4.48. The molecule has 16 heavy (non-hydrogen) atoms. The highest BCUT2D eigenvalue weighted by Gasteiger charge is 2.22. The maximum Gasteiger partial charge on any atom is 0.419 e. The largest absolute Gasteiger partial charge is 0.452 e. The molecule has 0 aliphatic carbocycles. The molecular weight excluding hydrogens is 212 g/mol. The zero-order chi connectivity index (χ0) is 12.6. The van der Waals surface area contributed by atoms with E-state index in [0.717, 1.165) is 18.0 Å². The topological polar surface area (TPSA) is 59.1 Å². The lowest BCUT2D eigenvalue weighted by atomic mass is 10.4. The van der Waals surface area contributed by atoms with Gasteiger partial charge < -0.3 is 14.4 Å². The van der Waals surface area contributed by atoms with E-state index < -0.39 is 12.2 Å². The van der Waals surface area contributed by atoms with E-state index in [4.69, 9.17) is 0 Å². The molecule has 0 aliphatic heterocycles. The van der Waals surface area contributed by atoms with Crippen LogP contribution in [0.1, 0.15) is 13.8 Å². The third-order valence-electron chi connectivity index (χ3n) is 2.32. The molecule has 6 heteroatoms. The van der Waals surface area contributed by atoms with Crippen molar-refractivity contribution in [1.82, 2.24) is 9.80 Å². The fraction of sp³-hybridized carbons (Fsp3) is 0.800. The molecule has 0 aliphatic rings. The van der Waals surface area contributed by atoms with E-state index in [2.05, 4.69) is 14.4 Å². The summed E-state index contributed by atoms with van der Waals surface area (Å²) < 4.78 is 9.01. The molecule has 0 rings (SSSR count). The van der Waals surface area contributed by atoms with Gasteiger partial charge in [-0.2, -0.15) is 0 Å². The average molecular weight is 232 g/mol. The summed E-state index contributed by atoms with van der Waals surface area (Å²) in [5.74, 6) is 0. The molecule has 0 aromatic rings. The SMILES string of the molecule is CCN(CC)CCN(C(=O)OC)C(=O)OC. The minimum atomic E-state index is -0.695. The van der Waals surface area contributed by atoms with Crippen LogP contribution < -0.4 is 0 Å². The Kier molecular flexibility index (Phi) is 7.28. The van der Waals surface area contributed by atoms with Gasteiger partial charge in [0.2, 0.25) is 0 Å². The average Bonchev–Trinajstić information content (AvgIpc) is 2.33. The van der Waals surface area contributed by atoms with Crippen molar-refractivity contribution in [1.29, 1.82) is 0 Å². The monoisotopic (exact) mass is 232 g/mol. The number of methoxy groups -OCH3 is 2. The van der Waals surface area contributed by atoms with Gasteiger partial charge in [-0.05, 0) is 13.1 Å². The number of hydrogen-bond acceptors (Lipinski definition) is 5. The molecule has 2 amide bonds. The van der Waals surface area contributed by atoms with Gasteiger partial charge >= 0.3 is 12.2 Å².